The molecule has 136 valence electrons. The molecule has 0 spiro atoms. The van der Waals surface area contributed by atoms with Crippen LogP contribution < -0.4 is 15.6 Å². The number of aryl methyl sites for hydroxylation is 3. The van der Waals surface area contributed by atoms with E-state index in [9.17, 15) is 9.59 Å². The molecule has 3 rings (SSSR count). The summed E-state index contributed by atoms with van der Waals surface area (Å²) < 4.78 is 16.4. The van der Waals surface area contributed by atoms with Crippen LogP contribution in [0.2, 0.25) is 0 Å². The lowest BCUT2D eigenvalue weighted by Gasteiger charge is -2.05. The van der Waals surface area contributed by atoms with E-state index in [4.69, 9.17) is 13.6 Å². The highest BCUT2D eigenvalue weighted by atomic mass is 16.5. The number of ether oxygens (including phenoxy) is 1. The summed E-state index contributed by atoms with van der Waals surface area (Å²) in [6, 6.07) is 6.96. The van der Waals surface area contributed by atoms with E-state index in [-0.39, 0.29) is 5.76 Å². The summed E-state index contributed by atoms with van der Waals surface area (Å²) in [5.74, 6) is 0.946. The second kappa shape index (κ2) is 6.95. The first kappa shape index (κ1) is 17.6. The largest absolute Gasteiger partial charge is 0.494 e. The lowest BCUT2D eigenvalue weighted by molar-refractivity contribution is 0.0830. The van der Waals surface area contributed by atoms with Gasteiger partial charge in [-0.15, -0.1) is 0 Å². The Bertz CT molecular complexity index is 983. The third-order valence-electron chi connectivity index (χ3n) is 4.00. The molecule has 2 N–H and O–H groups in total. The molecule has 0 unspecified atom stereocenters. The van der Waals surface area contributed by atoms with Crippen molar-refractivity contribution in [2.75, 3.05) is 6.61 Å². The highest BCUT2D eigenvalue weighted by Gasteiger charge is 2.20. The summed E-state index contributed by atoms with van der Waals surface area (Å²) in [5, 5.41) is 0.786. The number of nitrogens with one attached hydrogen (secondary N) is 2. The Balaban J connectivity index is 1.76. The molecule has 1 aromatic carbocycles. The van der Waals surface area contributed by atoms with Crippen LogP contribution >= 0.6 is 0 Å². The van der Waals surface area contributed by atoms with Gasteiger partial charge >= 0.3 is 5.91 Å². The zero-order valence-corrected chi connectivity index (χ0v) is 15.1. The lowest BCUT2D eigenvalue weighted by Crippen LogP contribution is -2.41. The summed E-state index contributed by atoms with van der Waals surface area (Å²) >= 11 is 0. The predicted molar refractivity (Wildman–Crippen MR) is 95.2 cm³/mol. The summed E-state index contributed by atoms with van der Waals surface area (Å²) in [4.78, 5) is 24.6. The van der Waals surface area contributed by atoms with Gasteiger partial charge in [0.1, 0.15) is 22.9 Å². The summed E-state index contributed by atoms with van der Waals surface area (Å²) in [6.45, 7) is 7.66. The van der Waals surface area contributed by atoms with Gasteiger partial charge in [-0.25, -0.2) is 0 Å². The number of hydrogen-bond donors (Lipinski definition) is 2. The molecular formula is C19H20N2O5. The molecule has 2 heterocycles. The van der Waals surface area contributed by atoms with Crippen molar-refractivity contribution >= 4 is 22.8 Å². The standard InChI is InChI=1S/C19H20N2O5/c1-5-24-13-6-7-16-14(9-13)11(3)17(26-16)19(23)21-20-18(22)15-8-10(2)25-12(15)4/h6-9H,5H2,1-4H3,(H,20,22)(H,21,23). The number of furan rings is 2. The van der Waals surface area contributed by atoms with E-state index >= 15 is 0 Å². The van der Waals surface area contributed by atoms with Crippen LogP contribution in [0.15, 0.2) is 33.1 Å². The van der Waals surface area contributed by atoms with Crippen molar-refractivity contribution in [3.05, 3.63) is 52.7 Å². The van der Waals surface area contributed by atoms with E-state index in [0.29, 0.717) is 40.6 Å². The van der Waals surface area contributed by atoms with Crippen molar-refractivity contribution < 1.29 is 23.2 Å². The molecule has 7 heteroatoms. The molecule has 0 aliphatic heterocycles. The fourth-order valence-corrected chi connectivity index (χ4v) is 2.77. The fraction of sp³-hybridized carbons (Fsp3) is 0.263. The molecule has 2 aromatic heterocycles. The Kier molecular flexibility index (Phi) is 4.71. The van der Waals surface area contributed by atoms with Crippen molar-refractivity contribution in [2.45, 2.75) is 27.7 Å². The van der Waals surface area contributed by atoms with Gasteiger partial charge in [-0.2, -0.15) is 0 Å². The van der Waals surface area contributed by atoms with E-state index < -0.39 is 11.8 Å². The molecule has 0 fully saturated rings. The molecule has 0 bridgehead atoms. The van der Waals surface area contributed by atoms with E-state index in [1.807, 2.05) is 13.0 Å². The van der Waals surface area contributed by atoms with Gasteiger partial charge in [-0.1, -0.05) is 0 Å². The molecule has 0 atom stereocenters. The Labute approximate surface area is 150 Å². The Morgan fingerprint density at radius 2 is 1.77 bits per heavy atom. The maximum atomic E-state index is 12.4. The van der Waals surface area contributed by atoms with Crippen LogP contribution in [0.4, 0.5) is 0 Å². The highest BCUT2D eigenvalue weighted by Crippen LogP contribution is 2.28. The van der Waals surface area contributed by atoms with E-state index in [1.165, 1.54) is 0 Å². The van der Waals surface area contributed by atoms with Gasteiger partial charge in [0.2, 0.25) is 0 Å². The number of carbonyl (C=O) groups excluding carboxylic acids is 2. The van der Waals surface area contributed by atoms with Crippen molar-refractivity contribution in [1.82, 2.24) is 10.9 Å². The van der Waals surface area contributed by atoms with Gasteiger partial charge < -0.3 is 13.6 Å². The van der Waals surface area contributed by atoms with Gasteiger partial charge in [0, 0.05) is 10.9 Å². The Morgan fingerprint density at radius 3 is 2.42 bits per heavy atom. The summed E-state index contributed by atoms with van der Waals surface area (Å²) in [7, 11) is 0. The minimum atomic E-state index is -0.539. The lowest BCUT2D eigenvalue weighted by atomic mass is 10.1. The van der Waals surface area contributed by atoms with Crippen LogP contribution in [0.3, 0.4) is 0 Å². The molecule has 3 aromatic rings. The second-order valence-corrected chi connectivity index (χ2v) is 5.88. The molecule has 2 amide bonds. The maximum Gasteiger partial charge on any atom is 0.305 e. The third kappa shape index (κ3) is 3.28. The smallest absolute Gasteiger partial charge is 0.305 e. The topological polar surface area (TPSA) is 93.7 Å². The predicted octanol–water partition coefficient (Wildman–Crippen LogP) is 3.42. The number of fused-ring (bicyclic) bond motifs is 1. The molecule has 0 aliphatic carbocycles. The number of amides is 2. The van der Waals surface area contributed by atoms with Crippen LogP contribution in [-0.4, -0.2) is 18.4 Å². The van der Waals surface area contributed by atoms with Gasteiger partial charge in [-0.3, -0.25) is 20.4 Å². The van der Waals surface area contributed by atoms with E-state index in [0.717, 1.165) is 5.39 Å². The van der Waals surface area contributed by atoms with Crippen LogP contribution in [-0.2, 0) is 0 Å². The molecule has 0 aliphatic rings. The normalized spacial score (nSPS) is 10.8. The molecule has 0 radical (unpaired) electrons. The minimum absolute atomic E-state index is 0.133. The molecule has 0 saturated heterocycles. The zero-order valence-electron chi connectivity index (χ0n) is 15.1. The maximum absolute atomic E-state index is 12.4. The zero-order chi connectivity index (χ0) is 18.8. The molecule has 7 nitrogen and oxygen atoms in total. The summed E-state index contributed by atoms with van der Waals surface area (Å²) in [5.41, 5.74) is 6.35. The van der Waals surface area contributed by atoms with Crippen molar-refractivity contribution in [2.24, 2.45) is 0 Å². The number of carbonyl (C=O) groups is 2. The minimum Gasteiger partial charge on any atom is -0.494 e. The first-order chi connectivity index (χ1) is 12.4. The number of hydrogen-bond acceptors (Lipinski definition) is 5. The van der Waals surface area contributed by atoms with E-state index in [1.54, 1.807) is 39.0 Å². The van der Waals surface area contributed by atoms with Crippen molar-refractivity contribution in [3.8, 4) is 5.75 Å². The van der Waals surface area contributed by atoms with Crippen molar-refractivity contribution in [1.29, 1.82) is 0 Å². The first-order valence-corrected chi connectivity index (χ1v) is 8.24. The highest BCUT2D eigenvalue weighted by molar-refractivity contribution is 6.01. The SMILES string of the molecule is CCOc1ccc2oc(C(=O)NNC(=O)c3cc(C)oc3C)c(C)c2c1. The third-order valence-corrected chi connectivity index (χ3v) is 4.00. The quantitative estimate of drug-likeness (QED) is 0.699. The van der Waals surface area contributed by atoms with Gasteiger partial charge in [-0.05, 0) is 52.0 Å². The molecular weight excluding hydrogens is 336 g/mol. The molecule has 26 heavy (non-hydrogen) atoms. The monoisotopic (exact) mass is 356 g/mol. The first-order valence-electron chi connectivity index (χ1n) is 8.24. The fourth-order valence-electron chi connectivity index (χ4n) is 2.77. The van der Waals surface area contributed by atoms with Crippen LogP contribution in [0.25, 0.3) is 11.0 Å². The van der Waals surface area contributed by atoms with E-state index in [2.05, 4.69) is 10.9 Å². The second-order valence-electron chi connectivity index (χ2n) is 5.88. The average Bonchev–Trinajstić information content (AvgIpc) is 3.12. The van der Waals surface area contributed by atoms with Gasteiger partial charge in [0.15, 0.2) is 5.76 Å². The Hall–Kier alpha value is -3.22. The number of hydrazine groups is 1. The van der Waals surface area contributed by atoms with Crippen LogP contribution in [0.1, 0.15) is 44.9 Å². The van der Waals surface area contributed by atoms with Crippen LogP contribution in [0, 0.1) is 20.8 Å². The molecule has 0 saturated carbocycles. The van der Waals surface area contributed by atoms with Crippen LogP contribution in [0.5, 0.6) is 5.75 Å². The number of benzene rings is 1. The van der Waals surface area contributed by atoms with Gasteiger partial charge in [0.05, 0.1) is 12.2 Å². The summed E-state index contributed by atoms with van der Waals surface area (Å²) in [6.07, 6.45) is 0. The van der Waals surface area contributed by atoms with Gasteiger partial charge in [0.25, 0.3) is 5.91 Å². The average molecular weight is 356 g/mol. The Morgan fingerprint density at radius 1 is 1.04 bits per heavy atom. The number of rotatable bonds is 4. The van der Waals surface area contributed by atoms with Crippen molar-refractivity contribution in [3.63, 3.8) is 0 Å².